The second kappa shape index (κ2) is 8.24. The summed E-state index contributed by atoms with van der Waals surface area (Å²) in [4.78, 5) is 21.4. The Bertz CT molecular complexity index is 930. The van der Waals surface area contributed by atoms with Crippen LogP contribution in [0.15, 0.2) is 42.4 Å². The van der Waals surface area contributed by atoms with E-state index in [1.54, 1.807) is 12.4 Å². The third-order valence-electron chi connectivity index (χ3n) is 4.52. The first-order valence-electron chi connectivity index (χ1n) is 9.02. The lowest BCUT2D eigenvalue weighted by Gasteiger charge is -2.28. The van der Waals surface area contributed by atoms with Crippen molar-refractivity contribution >= 4 is 12.0 Å². The molecule has 1 atom stereocenters. The van der Waals surface area contributed by atoms with Gasteiger partial charge in [0, 0.05) is 42.7 Å². The quantitative estimate of drug-likeness (QED) is 0.619. The highest BCUT2D eigenvalue weighted by Crippen LogP contribution is 2.25. The van der Waals surface area contributed by atoms with Gasteiger partial charge in [-0.05, 0) is 44.5 Å². The molecule has 1 aliphatic rings. The van der Waals surface area contributed by atoms with Crippen molar-refractivity contribution in [3.05, 3.63) is 64.9 Å². The summed E-state index contributed by atoms with van der Waals surface area (Å²) in [5, 5.41) is 2.93. The molecule has 1 N–H and O–H groups in total. The molecule has 1 unspecified atom stereocenters. The van der Waals surface area contributed by atoms with Gasteiger partial charge in [0.15, 0.2) is 0 Å². The molecule has 0 aromatic carbocycles. The van der Waals surface area contributed by atoms with Crippen LogP contribution in [-0.4, -0.2) is 29.3 Å². The lowest BCUT2D eigenvalue weighted by molar-refractivity contribution is -0.159. The van der Waals surface area contributed by atoms with Gasteiger partial charge < -0.3 is 14.8 Å². The van der Waals surface area contributed by atoms with E-state index in [9.17, 15) is 4.79 Å². The number of terminal acetylenes is 1. The van der Waals surface area contributed by atoms with E-state index in [1.807, 2.05) is 44.2 Å². The fraction of sp³-hybridized carbons (Fsp3) is 0.318. The van der Waals surface area contributed by atoms with E-state index >= 15 is 0 Å². The van der Waals surface area contributed by atoms with Crippen LogP contribution in [0.5, 0.6) is 0 Å². The highest BCUT2D eigenvalue weighted by molar-refractivity contribution is 5.80. The Hall–Kier alpha value is -3.17. The predicted octanol–water partition coefficient (Wildman–Crippen LogP) is 2.79. The lowest BCUT2D eigenvalue weighted by atomic mass is 9.99. The fourth-order valence-electron chi connectivity index (χ4n) is 3.01. The SMILES string of the molecule is C#Cc1cnc2c(c1)C=C(OC(OC)C(=O)NC(C)(C)c1ccccn1)CC2. The monoisotopic (exact) mass is 377 g/mol. The van der Waals surface area contributed by atoms with Gasteiger partial charge in [-0.25, -0.2) is 0 Å². The number of nitrogens with zero attached hydrogens (tertiary/aromatic N) is 2. The molecule has 1 aliphatic carbocycles. The van der Waals surface area contributed by atoms with Crippen molar-refractivity contribution in [1.82, 2.24) is 15.3 Å². The zero-order valence-electron chi connectivity index (χ0n) is 16.2. The molecule has 0 spiro atoms. The zero-order chi connectivity index (χ0) is 20.1. The number of aryl methyl sites for hydroxylation is 1. The Balaban J connectivity index is 1.72. The van der Waals surface area contributed by atoms with Crippen LogP contribution in [0.2, 0.25) is 0 Å². The summed E-state index contributed by atoms with van der Waals surface area (Å²) >= 11 is 0. The number of carbonyl (C=O) groups excluding carboxylic acids is 1. The van der Waals surface area contributed by atoms with Crippen LogP contribution in [0.25, 0.3) is 6.08 Å². The third kappa shape index (κ3) is 4.38. The first-order chi connectivity index (χ1) is 13.4. The molecule has 2 aromatic rings. The average Bonchev–Trinajstić information content (AvgIpc) is 2.71. The Morgan fingerprint density at radius 3 is 2.82 bits per heavy atom. The number of fused-ring (bicyclic) bond motifs is 1. The van der Waals surface area contributed by atoms with Crippen molar-refractivity contribution in [1.29, 1.82) is 0 Å². The molecule has 0 bridgehead atoms. The van der Waals surface area contributed by atoms with Gasteiger partial charge in [-0.15, -0.1) is 6.42 Å². The summed E-state index contributed by atoms with van der Waals surface area (Å²) in [6.07, 6.45) is 11.0. The predicted molar refractivity (Wildman–Crippen MR) is 106 cm³/mol. The molecule has 0 aliphatic heterocycles. The molecule has 0 radical (unpaired) electrons. The second-order valence-corrected chi connectivity index (χ2v) is 7.03. The van der Waals surface area contributed by atoms with E-state index in [4.69, 9.17) is 15.9 Å². The molecule has 144 valence electrons. The lowest BCUT2D eigenvalue weighted by Crippen LogP contribution is -2.47. The molecule has 0 fully saturated rings. The van der Waals surface area contributed by atoms with Gasteiger partial charge in [0.05, 0.1) is 11.2 Å². The van der Waals surface area contributed by atoms with Crippen LogP contribution in [0.1, 0.15) is 42.8 Å². The smallest absolute Gasteiger partial charge is 0.290 e. The minimum Gasteiger partial charge on any atom is -0.460 e. The second-order valence-electron chi connectivity index (χ2n) is 7.03. The van der Waals surface area contributed by atoms with Crippen LogP contribution in [-0.2, 0) is 26.2 Å². The standard InChI is InChI=1S/C22H23N3O3/c1-5-15-12-16-13-17(9-10-18(16)24-14-15)28-21(27-4)20(26)25-22(2,3)19-8-6-7-11-23-19/h1,6-8,11-14,21H,9-10H2,2-4H3,(H,25,26). The highest BCUT2D eigenvalue weighted by atomic mass is 16.7. The molecule has 6 nitrogen and oxygen atoms in total. The maximum Gasteiger partial charge on any atom is 0.290 e. The molecular formula is C22H23N3O3. The summed E-state index contributed by atoms with van der Waals surface area (Å²) in [6, 6.07) is 7.45. The van der Waals surface area contributed by atoms with Crippen molar-refractivity contribution in [2.24, 2.45) is 0 Å². The molecule has 2 aromatic heterocycles. The molecule has 3 rings (SSSR count). The normalized spacial score (nSPS) is 14.3. The molecular weight excluding hydrogens is 354 g/mol. The van der Waals surface area contributed by atoms with Gasteiger partial charge in [-0.2, -0.15) is 0 Å². The maximum atomic E-state index is 12.7. The van der Waals surface area contributed by atoms with Gasteiger partial charge in [0.2, 0.25) is 0 Å². The van der Waals surface area contributed by atoms with Crippen LogP contribution < -0.4 is 5.32 Å². The fourth-order valence-corrected chi connectivity index (χ4v) is 3.01. The van der Waals surface area contributed by atoms with Gasteiger partial charge in [-0.3, -0.25) is 14.8 Å². The van der Waals surface area contributed by atoms with Gasteiger partial charge in [0.1, 0.15) is 5.76 Å². The van der Waals surface area contributed by atoms with Crippen molar-refractivity contribution < 1.29 is 14.3 Å². The first kappa shape index (κ1) is 19.6. The van der Waals surface area contributed by atoms with Crippen LogP contribution >= 0.6 is 0 Å². The number of amides is 1. The number of rotatable bonds is 6. The Morgan fingerprint density at radius 1 is 1.32 bits per heavy atom. The molecule has 0 saturated carbocycles. The average molecular weight is 377 g/mol. The summed E-state index contributed by atoms with van der Waals surface area (Å²) in [7, 11) is 1.44. The van der Waals surface area contributed by atoms with Crippen molar-refractivity contribution in [2.45, 2.75) is 38.5 Å². The highest BCUT2D eigenvalue weighted by Gasteiger charge is 2.30. The maximum absolute atomic E-state index is 12.7. The molecule has 0 saturated heterocycles. The van der Waals surface area contributed by atoms with E-state index in [1.165, 1.54) is 7.11 Å². The number of carbonyl (C=O) groups is 1. The zero-order valence-corrected chi connectivity index (χ0v) is 16.2. The van der Waals surface area contributed by atoms with Crippen LogP contribution in [0.4, 0.5) is 0 Å². The summed E-state index contributed by atoms with van der Waals surface area (Å²) in [5.74, 6) is 2.86. The molecule has 2 heterocycles. The Labute approximate surface area is 165 Å². The number of aromatic nitrogens is 2. The van der Waals surface area contributed by atoms with Crippen LogP contribution in [0.3, 0.4) is 0 Å². The van der Waals surface area contributed by atoms with E-state index in [0.29, 0.717) is 24.2 Å². The number of methoxy groups -OCH3 is 1. The topological polar surface area (TPSA) is 73.3 Å². The summed E-state index contributed by atoms with van der Waals surface area (Å²) < 4.78 is 11.1. The van der Waals surface area contributed by atoms with E-state index < -0.39 is 11.8 Å². The third-order valence-corrected chi connectivity index (χ3v) is 4.52. The molecule has 28 heavy (non-hydrogen) atoms. The minimum atomic E-state index is -1.07. The minimum absolute atomic E-state index is 0.375. The summed E-state index contributed by atoms with van der Waals surface area (Å²) in [5.41, 5.74) is 2.64. The first-order valence-corrected chi connectivity index (χ1v) is 9.02. The van der Waals surface area contributed by atoms with E-state index in [2.05, 4.69) is 21.2 Å². The molecule has 1 amide bonds. The number of ether oxygens (including phenoxy) is 2. The largest absolute Gasteiger partial charge is 0.460 e. The number of hydrogen-bond acceptors (Lipinski definition) is 5. The molecule has 6 heteroatoms. The van der Waals surface area contributed by atoms with Crippen molar-refractivity contribution in [3.8, 4) is 12.3 Å². The van der Waals surface area contributed by atoms with Gasteiger partial charge >= 0.3 is 0 Å². The summed E-state index contributed by atoms with van der Waals surface area (Å²) in [6.45, 7) is 3.76. The van der Waals surface area contributed by atoms with E-state index in [-0.39, 0.29) is 5.91 Å². The number of nitrogens with one attached hydrogen (secondary N) is 1. The Kier molecular flexibility index (Phi) is 5.76. The van der Waals surface area contributed by atoms with Gasteiger partial charge in [0.25, 0.3) is 12.2 Å². The number of hydrogen-bond donors (Lipinski definition) is 1. The van der Waals surface area contributed by atoms with Gasteiger partial charge in [-0.1, -0.05) is 12.0 Å². The van der Waals surface area contributed by atoms with E-state index in [0.717, 1.165) is 17.0 Å². The number of pyridine rings is 2. The van der Waals surface area contributed by atoms with Crippen molar-refractivity contribution in [3.63, 3.8) is 0 Å². The Morgan fingerprint density at radius 2 is 2.14 bits per heavy atom. The van der Waals surface area contributed by atoms with Crippen molar-refractivity contribution in [2.75, 3.05) is 7.11 Å². The number of allylic oxidation sites excluding steroid dienone is 1. The van der Waals surface area contributed by atoms with Crippen LogP contribution in [0, 0.1) is 12.3 Å².